The van der Waals surface area contributed by atoms with Crippen molar-refractivity contribution in [2.24, 2.45) is 0 Å². The number of hydrogen-bond donors (Lipinski definition) is 0. The van der Waals surface area contributed by atoms with Gasteiger partial charge in [0, 0.05) is 23.4 Å². The average Bonchev–Trinajstić information content (AvgIpc) is 2.86. The van der Waals surface area contributed by atoms with Crippen LogP contribution in [0.3, 0.4) is 0 Å². The van der Waals surface area contributed by atoms with Gasteiger partial charge in [-0.15, -0.1) is 11.3 Å². The lowest BCUT2D eigenvalue weighted by Crippen LogP contribution is -2.12. The highest BCUT2D eigenvalue weighted by Gasteiger charge is 2.24. The van der Waals surface area contributed by atoms with Crippen molar-refractivity contribution in [1.82, 2.24) is 9.38 Å². The second-order valence-corrected chi connectivity index (χ2v) is 8.64. The lowest BCUT2D eigenvalue weighted by molar-refractivity contribution is 0.237. The van der Waals surface area contributed by atoms with E-state index in [4.69, 9.17) is 9.05 Å². The van der Waals surface area contributed by atoms with E-state index in [0.29, 0.717) is 29.6 Å². The molecule has 20 heavy (non-hydrogen) atoms. The molecule has 0 saturated carbocycles. The standard InChI is InChI=1S/C11H15N2O4PS2/c1-3-16-18(15,17-4-2)20-8-9-7-10(14)13-5-6-19-11(13)12-9/h5-7H,3-4,8H2,1-2H3. The summed E-state index contributed by atoms with van der Waals surface area (Å²) in [4.78, 5) is 16.8. The zero-order valence-electron chi connectivity index (χ0n) is 11.1. The fourth-order valence-electron chi connectivity index (χ4n) is 1.53. The van der Waals surface area contributed by atoms with E-state index in [-0.39, 0.29) is 5.56 Å². The third-order valence-electron chi connectivity index (χ3n) is 2.30. The highest BCUT2D eigenvalue weighted by molar-refractivity contribution is 8.54. The number of fused-ring (bicyclic) bond motifs is 1. The summed E-state index contributed by atoms with van der Waals surface area (Å²) in [5.41, 5.74) is 0.427. The molecule has 0 unspecified atom stereocenters. The van der Waals surface area contributed by atoms with Gasteiger partial charge in [-0.05, 0) is 25.2 Å². The molecule has 0 aliphatic carbocycles. The van der Waals surface area contributed by atoms with E-state index in [1.165, 1.54) is 21.8 Å². The van der Waals surface area contributed by atoms with Crippen LogP contribution in [0.2, 0.25) is 0 Å². The molecule has 0 bridgehead atoms. The molecule has 9 heteroatoms. The van der Waals surface area contributed by atoms with Gasteiger partial charge in [-0.3, -0.25) is 9.20 Å². The smallest absolute Gasteiger partial charge is 0.301 e. The van der Waals surface area contributed by atoms with E-state index in [0.717, 1.165) is 11.4 Å². The van der Waals surface area contributed by atoms with Gasteiger partial charge in [0.1, 0.15) is 0 Å². The molecule has 0 fully saturated rings. The van der Waals surface area contributed by atoms with Crippen LogP contribution in [0.25, 0.3) is 4.96 Å². The highest BCUT2D eigenvalue weighted by Crippen LogP contribution is 2.61. The Hall–Kier alpha value is -0.660. The SMILES string of the molecule is CCOP(=O)(OCC)SCc1cc(=O)n2ccsc2n1. The molecular weight excluding hydrogens is 319 g/mol. The Balaban J connectivity index is 2.15. The van der Waals surface area contributed by atoms with Gasteiger partial charge in [0.15, 0.2) is 4.96 Å². The maximum Gasteiger partial charge on any atom is 0.389 e. The molecule has 0 aliphatic heterocycles. The molecule has 0 amide bonds. The molecule has 0 aromatic carbocycles. The fraction of sp³-hybridized carbons (Fsp3) is 0.455. The number of hydrogen-bond acceptors (Lipinski definition) is 7. The van der Waals surface area contributed by atoms with Crippen LogP contribution >= 0.6 is 29.5 Å². The van der Waals surface area contributed by atoms with Crippen molar-refractivity contribution in [1.29, 1.82) is 0 Å². The average molecular weight is 334 g/mol. The largest absolute Gasteiger partial charge is 0.389 e. The minimum atomic E-state index is -3.17. The van der Waals surface area contributed by atoms with Crippen molar-refractivity contribution < 1.29 is 13.6 Å². The molecule has 0 aliphatic rings. The van der Waals surface area contributed by atoms with Gasteiger partial charge in [0.2, 0.25) is 0 Å². The number of rotatable bonds is 7. The van der Waals surface area contributed by atoms with Crippen LogP contribution in [-0.2, 0) is 19.4 Å². The molecule has 2 rings (SSSR count). The molecule has 0 saturated heterocycles. The van der Waals surface area contributed by atoms with Gasteiger partial charge >= 0.3 is 6.80 Å². The normalized spacial score (nSPS) is 12.1. The summed E-state index contributed by atoms with van der Waals surface area (Å²) >= 11 is 2.43. The Kier molecular flexibility index (Phi) is 5.40. The van der Waals surface area contributed by atoms with Crippen LogP contribution in [0.4, 0.5) is 0 Å². The lowest BCUT2D eigenvalue weighted by atomic mass is 10.4. The second kappa shape index (κ2) is 6.87. The van der Waals surface area contributed by atoms with Gasteiger partial charge in [0.05, 0.1) is 18.9 Å². The number of nitrogens with zero attached hydrogens (tertiary/aromatic N) is 2. The fourth-order valence-corrected chi connectivity index (χ4v) is 5.52. The van der Waals surface area contributed by atoms with E-state index in [2.05, 4.69) is 4.98 Å². The molecule has 110 valence electrons. The van der Waals surface area contributed by atoms with Crippen molar-refractivity contribution in [2.75, 3.05) is 13.2 Å². The Morgan fingerprint density at radius 2 is 2.10 bits per heavy atom. The molecular formula is C11H15N2O4PS2. The Morgan fingerprint density at radius 1 is 1.40 bits per heavy atom. The summed E-state index contributed by atoms with van der Waals surface area (Å²) < 4.78 is 24.1. The molecule has 2 aromatic rings. The lowest BCUT2D eigenvalue weighted by Gasteiger charge is -2.15. The predicted octanol–water partition coefficient (Wildman–Crippen LogP) is 3.17. The monoisotopic (exact) mass is 334 g/mol. The van der Waals surface area contributed by atoms with Crippen LogP contribution in [-0.4, -0.2) is 22.6 Å². The molecule has 0 N–H and O–H groups in total. The predicted molar refractivity (Wildman–Crippen MR) is 81.5 cm³/mol. The van der Waals surface area contributed by atoms with Gasteiger partial charge in [0.25, 0.3) is 5.56 Å². The summed E-state index contributed by atoms with van der Waals surface area (Å²) in [5.74, 6) is 0.306. The molecule has 0 atom stereocenters. The maximum absolute atomic E-state index is 12.3. The van der Waals surface area contributed by atoms with Crippen molar-refractivity contribution >= 4 is 34.5 Å². The first-order chi connectivity index (χ1) is 9.58. The molecule has 0 spiro atoms. The summed E-state index contributed by atoms with van der Waals surface area (Å²) in [6.07, 6.45) is 1.68. The molecule has 0 radical (unpaired) electrons. The van der Waals surface area contributed by atoms with E-state index >= 15 is 0 Å². The Bertz CT molecular complexity index is 674. The maximum atomic E-state index is 12.3. The molecule has 2 heterocycles. The van der Waals surface area contributed by atoms with E-state index in [1.54, 1.807) is 25.4 Å². The van der Waals surface area contributed by atoms with Crippen molar-refractivity contribution in [3.05, 3.63) is 33.7 Å². The highest BCUT2D eigenvalue weighted by atomic mass is 32.7. The third kappa shape index (κ3) is 3.71. The topological polar surface area (TPSA) is 69.9 Å². The van der Waals surface area contributed by atoms with Crippen LogP contribution in [0.5, 0.6) is 0 Å². The summed E-state index contributed by atoms with van der Waals surface area (Å²) in [7, 11) is 0. The summed E-state index contributed by atoms with van der Waals surface area (Å²) in [6.45, 7) is 0.962. The third-order valence-corrected chi connectivity index (χ3v) is 6.92. The van der Waals surface area contributed by atoms with E-state index < -0.39 is 6.80 Å². The summed E-state index contributed by atoms with van der Waals surface area (Å²) in [6, 6.07) is 1.44. The minimum absolute atomic E-state index is 0.144. The molecule has 2 aromatic heterocycles. The van der Waals surface area contributed by atoms with Gasteiger partial charge < -0.3 is 9.05 Å². The van der Waals surface area contributed by atoms with Crippen molar-refractivity contribution in [2.45, 2.75) is 19.6 Å². The zero-order valence-corrected chi connectivity index (χ0v) is 13.7. The zero-order chi connectivity index (χ0) is 14.6. The number of thiazole rings is 1. The van der Waals surface area contributed by atoms with E-state index in [9.17, 15) is 9.36 Å². The number of aromatic nitrogens is 2. The van der Waals surface area contributed by atoms with Crippen LogP contribution in [0, 0.1) is 0 Å². The van der Waals surface area contributed by atoms with Gasteiger partial charge in [-0.2, -0.15) is 0 Å². The van der Waals surface area contributed by atoms with E-state index in [1.807, 2.05) is 0 Å². The van der Waals surface area contributed by atoms with Gasteiger partial charge in [-0.25, -0.2) is 9.55 Å². The van der Waals surface area contributed by atoms with Gasteiger partial charge in [-0.1, -0.05) is 0 Å². The van der Waals surface area contributed by atoms with Crippen molar-refractivity contribution in [3.63, 3.8) is 0 Å². The van der Waals surface area contributed by atoms with Crippen LogP contribution in [0.1, 0.15) is 19.5 Å². The minimum Gasteiger partial charge on any atom is -0.301 e. The summed E-state index contributed by atoms with van der Waals surface area (Å²) in [5, 5.41) is 1.80. The first-order valence-electron chi connectivity index (χ1n) is 6.07. The first-order valence-corrected chi connectivity index (χ1v) is 10.1. The van der Waals surface area contributed by atoms with Crippen LogP contribution < -0.4 is 5.56 Å². The molecule has 6 nitrogen and oxygen atoms in total. The first kappa shape index (κ1) is 15.7. The quantitative estimate of drug-likeness (QED) is 0.724. The van der Waals surface area contributed by atoms with Crippen LogP contribution in [0.15, 0.2) is 22.4 Å². The Labute approximate surface area is 124 Å². The Morgan fingerprint density at radius 3 is 2.75 bits per heavy atom. The second-order valence-electron chi connectivity index (χ2n) is 3.70. The van der Waals surface area contributed by atoms with Crippen molar-refractivity contribution in [3.8, 4) is 0 Å².